The highest BCUT2D eigenvalue weighted by molar-refractivity contribution is 7.99. The lowest BCUT2D eigenvalue weighted by Crippen LogP contribution is -2.18. The maximum absolute atomic E-state index is 4.68. The number of anilines is 1. The molecule has 2 N–H and O–H groups in total. The third-order valence-electron chi connectivity index (χ3n) is 2.68. The summed E-state index contributed by atoms with van der Waals surface area (Å²) < 4.78 is 0. The van der Waals surface area contributed by atoms with Gasteiger partial charge in [0.15, 0.2) is 5.16 Å². The number of aromatic nitrogens is 4. The highest BCUT2D eigenvalue weighted by Crippen LogP contribution is 2.31. The zero-order valence-electron chi connectivity index (χ0n) is 11.9. The van der Waals surface area contributed by atoms with Crippen LogP contribution in [0.4, 0.5) is 5.82 Å². The molecule has 0 aliphatic rings. The summed E-state index contributed by atoms with van der Waals surface area (Å²) in [6.45, 7) is 8.35. The molecule has 102 valence electrons. The lowest BCUT2D eigenvalue weighted by Gasteiger charge is -2.19. The summed E-state index contributed by atoms with van der Waals surface area (Å²) in [5.41, 5.74) is 0.953. The number of hydrogen-bond acceptors (Lipinski definition) is 5. The average Bonchev–Trinajstić information content (AvgIpc) is 2.83. The van der Waals surface area contributed by atoms with Crippen LogP contribution in [0, 0.1) is 6.92 Å². The van der Waals surface area contributed by atoms with Crippen LogP contribution in [-0.4, -0.2) is 27.0 Å². The Kier molecular flexibility index (Phi) is 3.80. The van der Waals surface area contributed by atoms with Crippen molar-refractivity contribution < 1.29 is 0 Å². The number of hydrogen-bond donors (Lipinski definition) is 2. The van der Waals surface area contributed by atoms with E-state index >= 15 is 0 Å². The van der Waals surface area contributed by atoms with E-state index in [1.165, 1.54) is 11.8 Å². The molecule has 0 aliphatic heterocycles. The van der Waals surface area contributed by atoms with E-state index in [9.17, 15) is 0 Å². The first-order valence-electron chi connectivity index (χ1n) is 6.16. The topological polar surface area (TPSA) is 66.5 Å². The molecule has 2 rings (SSSR count). The van der Waals surface area contributed by atoms with Gasteiger partial charge >= 0.3 is 0 Å². The van der Waals surface area contributed by atoms with Crippen molar-refractivity contribution in [3.63, 3.8) is 0 Å². The van der Waals surface area contributed by atoms with Crippen LogP contribution in [0.3, 0.4) is 0 Å². The van der Waals surface area contributed by atoms with E-state index in [2.05, 4.69) is 46.0 Å². The van der Waals surface area contributed by atoms with Gasteiger partial charge in [0.2, 0.25) is 0 Å². The van der Waals surface area contributed by atoms with Crippen LogP contribution in [0.2, 0.25) is 0 Å². The Hall–Kier alpha value is -1.56. The minimum atomic E-state index is -0.0855. The second kappa shape index (κ2) is 5.21. The van der Waals surface area contributed by atoms with Crippen molar-refractivity contribution in [2.75, 3.05) is 12.4 Å². The Bertz CT molecular complexity index is 557. The summed E-state index contributed by atoms with van der Waals surface area (Å²) in [6.07, 6.45) is 3.55. The van der Waals surface area contributed by atoms with Gasteiger partial charge in [-0.15, -0.1) is 0 Å². The lowest BCUT2D eigenvalue weighted by molar-refractivity contribution is 0.538. The van der Waals surface area contributed by atoms with Crippen molar-refractivity contribution >= 4 is 17.6 Å². The van der Waals surface area contributed by atoms with E-state index in [0.29, 0.717) is 0 Å². The Balaban J connectivity index is 2.46. The van der Waals surface area contributed by atoms with Crippen molar-refractivity contribution in [2.24, 2.45) is 0 Å². The number of rotatable bonds is 3. The largest absolute Gasteiger partial charge is 0.373 e. The standard InChI is InChI=1S/C13H19N5S/c1-8-9(14-5)17-11(13(2,3)4)18-10(8)19-12-15-6-7-16-12/h6-7H,1-5H3,(H,15,16)(H,14,17,18). The molecule has 0 bridgehead atoms. The van der Waals surface area contributed by atoms with Gasteiger partial charge in [-0.2, -0.15) is 0 Å². The zero-order valence-corrected chi connectivity index (χ0v) is 12.7. The molecule has 0 fully saturated rings. The van der Waals surface area contributed by atoms with Crippen molar-refractivity contribution in [1.29, 1.82) is 0 Å². The van der Waals surface area contributed by atoms with Gasteiger partial charge < -0.3 is 10.3 Å². The van der Waals surface area contributed by atoms with Gasteiger partial charge in [0.05, 0.1) is 0 Å². The van der Waals surface area contributed by atoms with Gasteiger partial charge in [-0.3, -0.25) is 0 Å². The highest BCUT2D eigenvalue weighted by Gasteiger charge is 2.21. The predicted octanol–water partition coefficient (Wildman–Crippen LogP) is 3.00. The molecule has 0 radical (unpaired) electrons. The number of nitrogens with zero attached hydrogens (tertiary/aromatic N) is 3. The summed E-state index contributed by atoms with van der Waals surface area (Å²) in [4.78, 5) is 16.6. The van der Waals surface area contributed by atoms with Crippen LogP contribution in [0.1, 0.15) is 32.2 Å². The first-order valence-corrected chi connectivity index (χ1v) is 6.97. The summed E-state index contributed by atoms with van der Waals surface area (Å²) in [5, 5.41) is 4.90. The minimum absolute atomic E-state index is 0.0855. The molecule has 0 unspecified atom stereocenters. The Morgan fingerprint density at radius 3 is 2.53 bits per heavy atom. The normalized spacial score (nSPS) is 11.6. The maximum atomic E-state index is 4.68. The predicted molar refractivity (Wildman–Crippen MR) is 77.7 cm³/mol. The Morgan fingerprint density at radius 1 is 1.26 bits per heavy atom. The van der Waals surface area contributed by atoms with Crippen molar-refractivity contribution in [3.8, 4) is 0 Å². The van der Waals surface area contributed by atoms with Gasteiger partial charge in [0, 0.05) is 30.4 Å². The maximum Gasteiger partial charge on any atom is 0.171 e. The van der Waals surface area contributed by atoms with E-state index in [4.69, 9.17) is 0 Å². The van der Waals surface area contributed by atoms with E-state index < -0.39 is 0 Å². The van der Waals surface area contributed by atoms with Crippen molar-refractivity contribution in [2.45, 2.75) is 43.3 Å². The molecule has 5 nitrogen and oxygen atoms in total. The summed E-state index contributed by atoms with van der Waals surface area (Å²) in [6, 6.07) is 0. The minimum Gasteiger partial charge on any atom is -0.373 e. The second-order valence-electron chi connectivity index (χ2n) is 5.32. The molecule has 0 spiro atoms. The van der Waals surface area contributed by atoms with Crippen LogP contribution in [0.25, 0.3) is 0 Å². The van der Waals surface area contributed by atoms with Gasteiger partial charge in [-0.1, -0.05) is 20.8 Å². The van der Waals surface area contributed by atoms with E-state index in [1.54, 1.807) is 6.20 Å². The number of aromatic amines is 1. The summed E-state index contributed by atoms with van der Waals surface area (Å²) in [7, 11) is 1.88. The van der Waals surface area contributed by atoms with Gasteiger partial charge in [-0.05, 0) is 18.7 Å². The number of imidazole rings is 1. The molecule has 0 aromatic carbocycles. The molecule has 0 atom stereocenters. The quantitative estimate of drug-likeness (QED) is 0.844. The van der Waals surface area contributed by atoms with E-state index in [1.807, 2.05) is 20.2 Å². The SMILES string of the molecule is CNc1nc(C(C)(C)C)nc(Sc2ncc[nH]2)c1C. The molecule has 2 aromatic heterocycles. The molecule has 0 saturated heterocycles. The molecule has 0 amide bonds. The van der Waals surface area contributed by atoms with Gasteiger partial charge in [0.25, 0.3) is 0 Å². The molecule has 6 heteroatoms. The molecule has 0 saturated carbocycles. The molecule has 2 heterocycles. The van der Waals surface area contributed by atoms with Crippen LogP contribution in [0.5, 0.6) is 0 Å². The first-order chi connectivity index (χ1) is 8.91. The fourth-order valence-electron chi connectivity index (χ4n) is 1.57. The van der Waals surface area contributed by atoms with Crippen LogP contribution < -0.4 is 5.32 Å². The highest BCUT2D eigenvalue weighted by atomic mass is 32.2. The number of H-pyrrole nitrogens is 1. The first kappa shape index (κ1) is 13.9. The third-order valence-corrected chi connectivity index (χ3v) is 3.68. The summed E-state index contributed by atoms with van der Waals surface area (Å²) in [5.74, 6) is 1.70. The molecular formula is C13H19N5S. The lowest BCUT2D eigenvalue weighted by atomic mass is 9.95. The third kappa shape index (κ3) is 3.07. The van der Waals surface area contributed by atoms with Crippen molar-refractivity contribution in [3.05, 3.63) is 23.8 Å². The molecule has 2 aromatic rings. The second-order valence-corrected chi connectivity index (χ2v) is 6.30. The van der Waals surface area contributed by atoms with Crippen LogP contribution in [0.15, 0.2) is 22.6 Å². The number of nitrogens with one attached hydrogen (secondary N) is 2. The van der Waals surface area contributed by atoms with E-state index in [-0.39, 0.29) is 5.41 Å². The molecule has 19 heavy (non-hydrogen) atoms. The van der Waals surface area contributed by atoms with Gasteiger partial charge in [0.1, 0.15) is 16.7 Å². The Morgan fingerprint density at radius 2 is 2.00 bits per heavy atom. The Labute approximate surface area is 117 Å². The monoisotopic (exact) mass is 277 g/mol. The smallest absolute Gasteiger partial charge is 0.171 e. The molecular weight excluding hydrogens is 258 g/mol. The van der Waals surface area contributed by atoms with Crippen molar-refractivity contribution in [1.82, 2.24) is 19.9 Å². The fourth-order valence-corrected chi connectivity index (χ4v) is 2.38. The average molecular weight is 277 g/mol. The zero-order chi connectivity index (χ0) is 14.0. The fraction of sp³-hybridized carbons (Fsp3) is 0.462. The van der Waals surface area contributed by atoms with Gasteiger partial charge in [-0.25, -0.2) is 15.0 Å². The molecule has 0 aliphatic carbocycles. The van der Waals surface area contributed by atoms with E-state index in [0.717, 1.165) is 27.4 Å². The summed E-state index contributed by atoms with van der Waals surface area (Å²) >= 11 is 1.52. The van der Waals surface area contributed by atoms with Crippen LogP contribution >= 0.6 is 11.8 Å². The van der Waals surface area contributed by atoms with Crippen LogP contribution in [-0.2, 0) is 5.41 Å².